The van der Waals surface area contributed by atoms with E-state index in [2.05, 4.69) is 26.5 Å². The number of halogens is 1. The summed E-state index contributed by atoms with van der Waals surface area (Å²) in [6.07, 6.45) is 1.37. The number of amides is 1. The zero-order valence-corrected chi connectivity index (χ0v) is 13.5. The van der Waals surface area contributed by atoms with Gasteiger partial charge < -0.3 is 9.84 Å². The van der Waals surface area contributed by atoms with Crippen LogP contribution < -0.4 is 10.2 Å². The fourth-order valence-corrected chi connectivity index (χ4v) is 2.22. The van der Waals surface area contributed by atoms with E-state index in [-0.39, 0.29) is 11.7 Å². The van der Waals surface area contributed by atoms with Crippen LogP contribution in [0.4, 0.5) is 0 Å². The lowest BCUT2D eigenvalue weighted by Gasteiger charge is -2.05. The molecule has 0 unspecified atom stereocenters. The van der Waals surface area contributed by atoms with Crippen molar-refractivity contribution in [2.45, 2.75) is 6.92 Å². The molecule has 2 aromatic carbocycles. The van der Waals surface area contributed by atoms with Gasteiger partial charge >= 0.3 is 0 Å². The van der Waals surface area contributed by atoms with E-state index in [0.717, 1.165) is 0 Å². The van der Waals surface area contributed by atoms with Gasteiger partial charge in [-0.05, 0) is 47.1 Å². The Kier molecular flexibility index (Phi) is 5.55. The molecule has 0 atom stereocenters. The first kappa shape index (κ1) is 16.0. The maximum absolute atomic E-state index is 11.9. The smallest absolute Gasteiger partial charge is 0.272 e. The molecule has 0 aliphatic carbocycles. The molecule has 0 aliphatic rings. The van der Waals surface area contributed by atoms with Gasteiger partial charge in [0, 0.05) is 16.1 Å². The summed E-state index contributed by atoms with van der Waals surface area (Å²) in [7, 11) is 0. The van der Waals surface area contributed by atoms with Crippen molar-refractivity contribution in [3.8, 4) is 11.5 Å². The zero-order valence-electron chi connectivity index (χ0n) is 11.9. The SMILES string of the molecule is CCOc1ccc(/C=N/NC(=O)c2ccccc2Br)c(O)c1. The van der Waals surface area contributed by atoms with Crippen molar-refractivity contribution in [2.75, 3.05) is 6.61 Å². The van der Waals surface area contributed by atoms with Crippen molar-refractivity contribution >= 4 is 28.1 Å². The molecule has 2 N–H and O–H groups in total. The summed E-state index contributed by atoms with van der Waals surface area (Å²) in [6.45, 7) is 2.39. The van der Waals surface area contributed by atoms with Gasteiger partial charge in [0.05, 0.1) is 18.4 Å². The normalized spacial score (nSPS) is 10.6. The predicted octanol–water partition coefficient (Wildman–Crippen LogP) is 3.32. The van der Waals surface area contributed by atoms with Crippen molar-refractivity contribution < 1.29 is 14.6 Å². The lowest BCUT2D eigenvalue weighted by Crippen LogP contribution is -2.18. The number of carbonyl (C=O) groups is 1. The number of nitrogens with zero attached hydrogens (tertiary/aromatic N) is 1. The summed E-state index contributed by atoms with van der Waals surface area (Å²) in [6, 6.07) is 11.9. The van der Waals surface area contributed by atoms with Gasteiger partial charge in [0.15, 0.2) is 0 Å². The summed E-state index contributed by atoms with van der Waals surface area (Å²) >= 11 is 3.30. The van der Waals surface area contributed by atoms with Crippen LogP contribution in [0.2, 0.25) is 0 Å². The monoisotopic (exact) mass is 362 g/mol. The quantitative estimate of drug-likeness (QED) is 0.633. The Morgan fingerprint density at radius 3 is 2.82 bits per heavy atom. The Bertz CT molecular complexity index is 702. The second-order valence-electron chi connectivity index (χ2n) is 4.33. The molecule has 6 heteroatoms. The first-order chi connectivity index (χ1) is 10.6. The Morgan fingerprint density at radius 2 is 2.14 bits per heavy atom. The highest BCUT2D eigenvalue weighted by Gasteiger charge is 2.07. The zero-order chi connectivity index (χ0) is 15.9. The van der Waals surface area contributed by atoms with Gasteiger partial charge in [-0.25, -0.2) is 5.43 Å². The summed E-state index contributed by atoms with van der Waals surface area (Å²) in [5.74, 6) is 0.272. The molecular formula is C16H15BrN2O3. The van der Waals surface area contributed by atoms with E-state index >= 15 is 0 Å². The molecule has 0 saturated carbocycles. The van der Waals surface area contributed by atoms with Gasteiger partial charge in [0.1, 0.15) is 11.5 Å². The van der Waals surface area contributed by atoms with Crippen molar-refractivity contribution in [3.63, 3.8) is 0 Å². The molecule has 0 radical (unpaired) electrons. The lowest BCUT2D eigenvalue weighted by molar-refractivity contribution is 0.0954. The van der Waals surface area contributed by atoms with E-state index in [1.807, 2.05) is 13.0 Å². The maximum atomic E-state index is 11.9. The Labute approximate surface area is 136 Å². The van der Waals surface area contributed by atoms with Crippen LogP contribution in [0.3, 0.4) is 0 Å². The van der Waals surface area contributed by atoms with Gasteiger partial charge in [0.2, 0.25) is 0 Å². The fourth-order valence-electron chi connectivity index (χ4n) is 1.76. The Balaban J connectivity index is 2.04. The Hall–Kier alpha value is -2.34. The highest BCUT2D eigenvalue weighted by molar-refractivity contribution is 9.10. The fraction of sp³-hybridized carbons (Fsp3) is 0.125. The molecule has 0 heterocycles. The lowest BCUT2D eigenvalue weighted by atomic mass is 10.2. The second kappa shape index (κ2) is 7.61. The van der Waals surface area contributed by atoms with E-state index in [1.54, 1.807) is 30.3 Å². The Morgan fingerprint density at radius 1 is 1.36 bits per heavy atom. The third-order valence-electron chi connectivity index (χ3n) is 2.80. The van der Waals surface area contributed by atoms with Crippen LogP contribution in [-0.2, 0) is 0 Å². The average molecular weight is 363 g/mol. The number of carbonyl (C=O) groups excluding carboxylic acids is 1. The van der Waals surface area contributed by atoms with Crippen LogP contribution >= 0.6 is 15.9 Å². The third kappa shape index (κ3) is 4.08. The van der Waals surface area contributed by atoms with Gasteiger partial charge in [-0.1, -0.05) is 12.1 Å². The van der Waals surface area contributed by atoms with Crippen molar-refractivity contribution in [1.29, 1.82) is 0 Å². The number of ether oxygens (including phenoxy) is 1. The number of benzene rings is 2. The van der Waals surface area contributed by atoms with Gasteiger partial charge in [0.25, 0.3) is 5.91 Å². The molecule has 0 aliphatic heterocycles. The number of aromatic hydroxyl groups is 1. The van der Waals surface area contributed by atoms with Gasteiger partial charge in [-0.2, -0.15) is 5.10 Å². The topological polar surface area (TPSA) is 70.9 Å². The minimum atomic E-state index is -0.339. The van der Waals surface area contributed by atoms with Crippen molar-refractivity contribution in [3.05, 3.63) is 58.1 Å². The summed E-state index contributed by atoms with van der Waals surface area (Å²) < 4.78 is 5.96. The standard InChI is InChI=1S/C16H15BrN2O3/c1-2-22-12-8-7-11(15(20)9-12)10-18-19-16(21)13-5-3-4-6-14(13)17/h3-10,20H,2H2,1H3,(H,19,21)/b18-10+. The minimum Gasteiger partial charge on any atom is -0.507 e. The van der Waals surface area contributed by atoms with Crippen LogP contribution in [0.5, 0.6) is 11.5 Å². The van der Waals surface area contributed by atoms with E-state index in [4.69, 9.17) is 4.74 Å². The summed E-state index contributed by atoms with van der Waals surface area (Å²) in [5.41, 5.74) is 3.38. The molecule has 0 spiro atoms. The minimum absolute atomic E-state index is 0.0323. The second-order valence-corrected chi connectivity index (χ2v) is 5.19. The number of phenols is 1. The van der Waals surface area contributed by atoms with E-state index in [1.165, 1.54) is 12.3 Å². The highest BCUT2D eigenvalue weighted by Crippen LogP contribution is 2.22. The molecule has 0 aromatic heterocycles. The average Bonchev–Trinajstić information content (AvgIpc) is 2.50. The number of hydrazone groups is 1. The molecular weight excluding hydrogens is 348 g/mol. The molecule has 5 nitrogen and oxygen atoms in total. The van der Waals surface area contributed by atoms with Crippen LogP contribution in [0.1, 0.15) is 22.8 Å². The number of hydrogen-bond donors (Lipinski definition) is 2. The summed E-state index contributed by atoms with van der Waals surface area (Å²) in [4.78, 5) is 11.9. The van der Waals surface area contributed by atoms with Crippen LogP contribution in [0.25, 0.3) is 0 Å². The van der Waals surface area contributed by atoms with Crippen molar-refractivity contribution in [2.24, 2.45) is 5.10 Å². The van der Waals surface area contributed by atoms with Gasteiger partial charge in [-0.3, -0.25) is 4.79 Å². The number of phenolic OH excluding ortho intramolecular Hbond substituents is 1. The summed E-state index contributed by atoms with van der Waals surface area (Å²) in [5, 5.41) is 13.7. The van der Waals surface area contributed by atoms with E-state index in [9.17, 15) is 9.90 Å². The van der Waals surface area contributed by atoms with E-state index in [0.29, 0.717) is 28.0 Å². The largest absolute Gasteiger partial charge is 0.507 e. The molecule has 1 amide bonds. The first-order valence-electron chi connectivity index (χ1n) is 6.65. The first-order valence-corrected chi connectivity index (χ1v) is 7.45. The number of hydrogen-bond acceptors (Lipinski definition) is 4. The van der Waals surface area contributed by atoms with Crippen LogP contribution in [0.15, 0.2) is 52.0 Å². The highest BCUT2D eigenvalue weighted by atomic mass is 79.9. The molecule has 2 aromatic rings. The molecule has 114 valence electrons. The van der Waals surface area contributed by atoms with Gasteiger partial charge in [-0.15, -0.1) is 0 Å². The molecule has 0 bridgehead atoms. The van der Waals surface area contributed by atoms with Crippen LogP contribution in [0, 0.1) is 0 Å². The van der Waals surface area contributed by atoms with E-state index < -0.39 is 0 Å². The molecule has 2 rings (SSSR count). The maximum Gasteiger partial charge on any atom is 0.272 e. The number of rotatable bonds is 5. The molecule has 22 heavy (non-hydrogen) atoms. The van der Waals surface area contributed by atoms with Crippen molar-refractivity contribution in [1.82, 2.24) is 5.43 Å². The molecule has 0 fully saturated rings. The van der Waals surface area contributed by atoms with Crippen LogP contribution in [-0.4, -0.2) is 23.8 Å². The number of nitrogens with one attached hydrogen (secondary N) is 1. The molecule has 0 saturated heterocycles. The third-order valence-corrected chi connectivity index (χ3v) is 3.49. The predicted molar refractivity (Wildman–Crippen MR) is 88.5 cm³/mol.